The number of hydrogen-bond acceptors (Lipinski definition) is 3. The molecule has 2 rings (SSSR count). The molecule has 0 unspecified atom stereocenters. The number of likely N-dealkylation sites (N-methyl/N-ethyl adjacent to an activating group) is 1. The van der Waals surface area contributed by atoms with Crippen molar-refractivity contribution >= 4 is 11.9 Å². The molecule has 6 nitrogen and oxygen atoms in total. The monoisotopic (exact) mass is 346 g/mol. The number of hydrogen-bond donors (Lipinski definition) is 2. The van der Waals surface area contributed by atoms with Gasteiger partial charge in [-0.05, 0) is 37.0 Å². The molecule has 1 saturated carbocycles. The fraction of sp³-hybridized carbons (Fsp3) is 0.579. The second-order valence-electron chi connectivity index (χ2n) is 6.60. The van der Waals surface area contributed by atoms with E-state index in [1.54, 1.807) is 26.1 Å². The van der Waals surface area contributed by atoms with Crippen LogP contribution in [0, 0.1) is 0 Å². The zero-order valence-electron chi connectivity index (χ0n) is 15.5. The Labute approximate surface area is 150 Å². The van der Waals surface area contributed by atoms with Crippen LogP contribution in [-0.4, -0.2) is 57.1 Å². The summed E-state index contributed by atoms with van der Waals surface area (Å²) in [6, 6.07) is 8.53. The van der Waals surface area contributed by atoms with Crippen molar-refractivity contribution in [2.45, 2.75) is 38.1 Å². The molecule has 6 heteroatoms. The summed E-state index contributed by atoms with van der Waals surface area (Å²) < 4.78 is 5.18. The number of benzene rings is 1. The Morgan fingerprint density at radius 1 is 1.24 bits per heavy atom. The van der Waals surface area contributed by atoms with Crippen molar-refractivity contribution in [1.29, 1.82) is 0 Å². The quantitative estimate of drug-likeness (QED) is 0.584. The number of amides is 1. The molecule has 1 amide bonds. The van der Waals surface area contributed by atoms with Crippen molar-refractivity contribution < 1.29 is 9.53 Å². The van der Waals surface area contributed by atoms with E-state index in [9.17, 15) is 4.79 Å². The first-order chi connectivity index (χ1) is 12.1. The number of carbonyl (C=O) groups is 1. The lowest BCUT2D eigenvalue weighted by molar-refractivity contribution is -0.127. The highest BCUT2D eigenvalue weighted by Crippen LogP contribution is 2.17. The lowest BCUT2D eigenvalue weighted by Crippen LogP contribution is -2.43. The van der Waals surface area contributed by atoms with Gasteiger partial charge < -0.3 is 20.3 Å². The van der Waals surface area contributed by atoms with E-state index >= 15 is 0 Å². The van der Waals surface area contributed by atoms with Gasteiger partial charge in [-0.25, -0.2) is 4.99 Å². The van der Waals surface area contributed by atoms with Crippen LogP contribution in [0.15, 0.2) is 29.3 Å². The molecule has 0 bridgehead atoms. The zero-order valence-corrected chi connectivity index (χ0v) is 15.5. The SMILES string of the molecule is COc1ccc(CCNC(=NCC(=O)N(C)C)NC2CCCC2)cc1. The number of rotatable bonds is 7. The van der Waals surface area contributed by atoms with Crippen LogP contribution in [0.3, 0.4) is 0 Å². The van der Waals surface area contributed by atoms with Crippen LogP contribution in [0.25, 0.3) is 0 Å². The van der Waals surface area contributed by atoms with E-state index in [0.29, 0.717) is 6.04 Å². The van der Waals surface area contributed by atoms with Crippen molar-refractivity contribution in [3.8, 4) is 5.75 Å². The fourth-order valence-electron chi connectivity index (χ4n) is 2.82. The second kappa shape index (κ2) is 9.91. The average Bonchev–Trinajstić information content (AvgIpc) is 3.12. The number of aliphatic imine (C=N–C) groups is 1. The van der Waals surface area contributed by atoms with Crippen molar-refractivity contribution in [2.75, 3.05) is 34.3 Å². The van der Waals surface area contributed by atoms with E-state index in [2.05, 4.69) is 27.8 Å². The number of nitrogens with one attached hydrogen (secondary N) is 2. The van der Waals surface area contributed by atoms with Crippen molar-refractivity contribution in [3.63, 3.8) is 0 Å². The number of carbonyl (C=O) groups excluding carboxylic acids is 1. The number of methoxy groups -OCH3 is 1. The molecule has 0 saturated heterocycles. The van der Waals surface area contributed by atoms with Gasteiger partial charge in [0.15, 0.2) is 5.96 Å². The van der Waals surface area contributed by atoms with E-state index in [0.717, 1.165) is 24.7 Å². The molecule has 1 fully saturated rings. The number of nitrogens with zero attached hydrogens (tertiary/aromatic N) is 2. The summed E-state index contributed by atoms with van der Waals surface area (Å²) in [7, 11) is 5.17. The summed E-state index contributed by atoms with van der Waals surface area (Å²) in [5, 5.41) is 6.82. The minimum absolute atomic E-state index is 0.00248. The lowest BCUT2D eigenvalue weighted by atomic mass is 10.1. The highest BCUT2D eigenvalue weighted by atomic mass is 16.5. The molecule has 138 valence electrons. The Morgan fingerprint density at radius 3 is 2.52 bits per heavy atom. The fourth-order valence-corrected chi connectivity index (χ4v) is 2.82. The Morgan fingerprint density at radius 2 is 1.92 bits per heavy atom. The third-order valence-corrected chi connectivity index (χ3v) is 4.43. The minimum atomic E-state index is 0.00248. The largest absolute Gasteiger partial charge is 0.497 e. The van der Waals surface area contributed by atoms with E-state index in [1.165, 1.54) is 31.2 Å². The Bertz CT molecular complexity index is 563. The first-order valence-electron chi connectivity index (χ1n) is 8.96. The summed E-state index contributed by atoms with van der Waals surface area (Å²) in [6.45, 7) is 0.929. The van der Waals surface area contributed by atoms with Gasteiger partial charge in [-0.3, -0.25) is 4.79 Å². The van der Waals surface area contributed by atoms with Crippen molar-refractivity contribution in [3.05, 3.63) is 29.8 Å². The maximum atomic E-state index is 11.8. The van der Waals surface area contributed by atoms with Gasteiger partial charge in [-0.2, -0.15) is 0 Å². The summed E-state index contributed by atoms with van der Waals surface area (Å²) in [5.74, 6) is 1.60. The highest BCUT2D eigenvalue weighted by molar-refractivity contribution is 5.84. The van der Waals surface area contributed by atoms with Crippen LogP contribution in [0.4, 0.5) is 0 Å². The maximum Gasteiger partial charge on any atom is 0.243 e. The van der Waals surface area contributed by atoms with Crippen LogP contribution in [0.2, 0.25) is 0 Å². The third-order valence-electron chi connectivity index (χ3n) is 4.43. The first kappa shape index (κ1) is 19.1. The number of guanidine groups is 1. The molecule has 0 spiro atoms. The molecule has 2 N–H and O–H groups in total. The lowest BCUT2D eigenvalue weighted by Gasteiger charge is -2.18. The van der Waals surface area contributed by atoms with Gasteiger partial charge in [0.1, 0.15) is 12.3 Å². The molecule has 1 aromatic rings. The van der Waals surface area contributed by atoms with Crippen LogP contribution >= 0.6 is 0 Å². The molecule has 1 aliphatic carbocycles. The van der Waals surface area contributed by atoms with Crippen molar-refractivity contribution in [1.82, 2.24) is 15.5 Å². The van der Waals surface area contributed by atoms with Crippen LogP contribution in [0.5, 0.6) is 5.75 Å². The molecular formula is C19H30N4O2. The molecule has 1 aliphatic rings. The molecule has 1 aromatic carbocycles. The summed E-state index contributed by atoms with van der Waals surface area (Å²) in [5.41, 5.74) is 1.23. The normalized spacial score (nSPS) is 15.1. The van der Waals surface area contributed by atoms with Gasteiger partial charge in [0, 0.05) is 26.7 Å². The summed E-state index contributed by atoms with van der Waals surface area (Å²) >= 11 is 0. The van der Waals surface area contributed by atoms with E-state index in [-0.39, 0.29) is 12.5 Å². The molecule has 0 radical (unpaired) electrons. The van der Waals surface area contributed by atoms with Gasteiger partial charge in [-0.15, -0.1) is 0 Å². The zero-order chi connectivity index (χ0) is 18.1. The van der Waals surface area contributed by atoms with Crippen molar-refractivity contribution in [2.24, 2.45) is 4.99 Å². The van der Waals surface area contributed by atoms with E-state index in [1.807, 2.05) is 12.1 Å². The molecule has 25 heavy (non-hydrogen) atoms. The topological polar surface area (TPSA) is 66.0 Å². The standard InChI is InChI=1S/C19H30N4O2/c1-23(2)18(24)14-21-19(22-16-6-4-5-7-16)20-13-12-15-8-10-17(25-3)11-9-15/h8-11,16H,4-7,12-14H2,1-3H3,(H2,20,21,22). The third kappa shape index (κ3) is 6.64. The summed E-state index contributed by atoms with van der Waals surface area (Å²) in [4.78, 5) is 17.8. The minimum Gasteiger partial charge on any atom is -0.497 e. The first-order valence-corrected chi connectivity index (χ1v) is 8.96. The predicted octanol–water partition coefficient (Wildman–Crippen LogP) is 1.80. The predicted molar refractivity (Wildman–Crippen MR) is 101 cm³/mol. The Kier molecular flexibility index (Phi) is 7.57. The van der Waals surface area contributed by atoms with Gasteiger partial charge in [0.25, 0.3) is 0 Å². The number of ether oxygens (including phenoxy) is 1. The summed E-state index contributed by atoms with van der Waals surface area (Å²) in [6.07, 6.45) is 5.74. The van der Waals surface area contributed by atoms with Crippen LogP contribution < -0.4 is 15.4 Å². The molecule has 0 aliphatic heterocycles. The Balaban J connectivity index is 1.87. The van der Waals surface area contributed by atoms with Gasteiger partial charge >= 0.3 is 0 Å². The molecular weight excluding hydrogens is 316 g/mol. The Hall–Kier alpha value is -2.24. The maximum absolute atomic E-state index is 11.8. The van der Waals surface area contributed by atoms with E-state index < -0.39 is 0 Å². The van der Waals surface area contributed by atoms with E-state index in [4.69, 9.17) is 4.74 Å². The molecule has 0 heterocycles. The van der Waals surface area contributed by atoms with Gasteiger partial charge in [-0.1, -0.05) is 25.0 Å². The molecule has 0 atom stereocenters. The highest BCUT2D eigenvalue weighted by Gasteiger charge is 2.16. The molecule has 0 aromatic heterocycles. The van der Waals surface area contributed by atoms with Crippen LogP contribution in [-0.2, 0) is 11.2 Å². The van der Waals surface area contributed by atoms with Gasteiger partial charge in [0.05, 0.1) is 7.11 Å². The van der Waals surface area contributed by atoms with Crippen LogP contribution in [0.1, 0.15) is 31.2 Å². The smallest absolute Gasteiger partial charge is 0.243 e. The van der Waals surface area contributed by atoms with Gasteiger partial charge in [0.2, 0.25) is 5.91 Å². The average molecular weight is 346 g/mol. The second-order valence-corrected chi connectivity index (χ2v) is 6.60.